The largest absolute Gasteiger partial charge is 0.336 e. The average molecular weight is 264 g/mol. The molecule has 1 aromatic rings. The van der Waals surface area contributed by atoms with Gasteiger partial charge in [0, 0.05) is 11.6 Å². The summed E-state index contributed by atoms with van der Waals surface area (Å²) in [6.45, 7) is 1.96. The van der Waals surface area contributed by atoms with Crippen LogP contribution in [0.2, 0.25) is 0 Å². The van der Waals surface area contributed by atoms with E-state index < -0.39 is 0 Å². The van der Waals surface area contributed by atoms with E-state index in [-0.39, 0.29) is 23.2 Å². The number of carbonyl (C=O) groups is 2. The first-order valence-electron chi connectivity index (χ1n) is 5.92. The van der Waals surface area contributed by atoms with Crippen LogP contribution in [0.25, 0.3) is 0 Å². The van der Waals surface area contributed by atoms with Crippen LogP contribution >= 0.6 is 11.8 Å². The molecule has 2 amide bonds. The maximum Gasteiger partial charge on any atom is 0.315 e. The molecule has 2 N–H and O–H groups in total. The third-order valence-corrected chi connectivity index (χ3v) is 3.89. The van der Waals surface area contributed by atoms with Crippen LogP contribution in [0.5, 0.6) is 0 Å². The number of hydrogen-bond donors (Lipinski definition) is 2. The molecule has 0 saturated carbocycles. The number of thioether (sulfide) groups is 1. The van der Waals surface area contributed by atoms with Crippen LogP contribution in [0.15, 0.2) is 30.3 Å². The number of benzene rings is 1. The number of rotatable bonds is 4. The van der Waals surface area contributed by atoms with E-state index in [9.17, 15) is 9.59 Å². The highest BCUT2D eigenvalue weighted by Crippen LogP contribution is 2.18. The zero-order chi connectivity index (χ0) is 13.0. The van der Waals surface area contributed by atoms with Crippen molar-refractivity contribution in [3.8, 4) is 0 Å². The molecule has 1 saturated heterocycles. The molecule has 4 nitrogen and oxygen atoms in total. The van der Waals surface area contributed by atoms with E-state index in [1.54, 1.807) is 0 Å². The second-order valence-corrected chi connectivity index (χ2v) is 5.53. The molecular weight excluding hydrogens is 248 g/mol. The summed E-state index contributed by atoms with van der Waals surface area (Å²) in [5, 5.41) is 5.61. The number of hydrogen-bond acceptors (Lipinski definition) is 3. The van der Waals surface area contributed by atoms with Crippen molar-refractivity contribution in [1.82, 2.24) is 10.6 Å². The van der Waals surface area contributed by atoms with Gasteiger partial charge in [0.15, 0.2) is 5.78 Å². The van der Waals surface area contributed by atoms with Crippen molar-refractivity contribution in [2.75, 3.05) is 5.75 Å². The van der Waals surface area contributed by atoms with Gasteiger partial charge in [0.1, 0.15) is 0 Å². The summed E-state index contributed by atoms with van der Waals surface area (Å²) in [5.74, 6) is 0.489. The molecule has 1 fully saturated rings. The Morgan fingerprint density at radius 2 is 2.06 bits per heavy atom. The first-order chi connectivity index (χ1) is 8.65. The highest BCUT2D eigenvalue weighted by molar-refractivity contribution is 8.00. The van der Waals surface area contributed by atoms with E-state index in [1.807, 2.05) is 37.3 Å². The van der Waals surface area contributed by atoms with Crippen LogP contribution in [-0.2, 0) is 0 Å². The summed E-state index contributed by atoms with van der Waals surface area (Å²) in [6, 6.07) is 9.22. The van der Waals surface area contributed by atoms with Gasteiger partial charge in [-0.1, -0.05) is 30.3 Å². The number of urea groups is 1. The van der Waals surface area contributed by atoms with Gasteiger partial charge in [0.25, 0.3) is 0 Å². The molecule has 2 rings (SSSR count). The van der Waals surface area contributed by atoms with Gasteiger partial charge >= 0.3 is 6.03 Å². The topological polar surface area (TPSA) is 58.2 Å². The molecule has 2 atom stereocenters. The summed E-state index contributed by atoms with van der Waals surface area (Å²) in [6.07, 6.45) is 0.832. The van der Waals surface area contributed by atoms with Crippen molar-refractivity contribution in [3.63, 3.8) is 0 Å². The van der Waals surface area contributed by atoms with Crippen LogP contribution < -0.4 is 10.6 Å². The normalized spacial score (nSPS) is 23.1. The molecule has 2 unspecified atom stereocenters. The fraction of sp³-hybridized carbons (Fsp3) is 0.385. The quantitative estimate of drug-likeness (QED) is 0.818. The Hall–Kier alpha value is -1.49. The number of ketones is 1. The molecule has 0 spiro atoms. The highest BCUT2D eigenvalue weighted by Gasteiger charge is 2.23. The van der Waals surface area contributed by atoms with Crippen molar-refractivity contribution in [2.24, 2.45) is 0 Å². The number of nitrogens with one attached hydrogen (secondary N) is 2. The second kappa shape index (κ2) is 5.91. The molecule has 18 heavy (non-hydrogen) atoms. The van der Waals surface area contributed by atoms with Gasteiger partial charge in [0.05, 0.1) is 11.1 Å². The van der Waals surface area contributed by atoms with Crippen molar-refractivity contribution in [3.05, 3.63) is 35.9 Å². The molecule has 1 aromatic carbocycles. The molecule has 0 bridgehead atoms. The Balaban J connectivity index is 1.84. The summed E-state index contributed by atoms with van der Waals surface area (Å²) in [4.78, 5) is 23.2. The second-order valence-electron chi connectivity index (χ2n) is 4.34. The van der Waals surface area contributed by atoms with Gasteiger partial charge in [-0.15, -0.1) is 11.8 Å². The lowest BCUT2D eigenvalue weighted by atomic mass is 10.2. The molecule has 5 heteroatoms. The molecular formula is C13H16N2O2S. The van der Waals surface area contributed by atoms with E-state index in [0.29, 0.717) is 5.75 Å². The van der Waals surface area contributed by atoms with E-state index in [4.69, 9.17) is 0 Å². The fourth-order valence-corrected chi connectivity index (χ4v) is 2.98. The van der Waals surface area contributed by atoms with Gasteiger partial charge in [0.2, 0.25) is 0 Å². The third kappa shape index (κ3) is 3.50. The Morgan fingerprint density at radius 3 is 2.72 bits per heavy atom. The molecule has 96 valence electrons. The van der Waals surface area contributed by atoms with Crippen molar-refractivity contribution in [2.45, 2.75) is 24.8 Å². The van der Waals surface area contributed by atoms with E-state index in [2.05, 4.69) is 10.6 Å². The van der Waals surface area contributed by atoms with Gasteiger partial charge in [-0.05, 0) is 13.3 Å². The molecule has 1 heterocycles. The highest BCUT2D eigenvalue weighted by atomic mass is 32.2. The van der Waals surface area contributed by atoms with Gasteiger partial charge < -0.3 is 10.6 Å². The SMILES string of the molecule is CC1CC(SCC(=O)c2ccccc2)NC(=O)N1. The van der Waals surface area contributed by atoms with Crippen molar-refractivity contribution >= 4 is 23.6 Å². The zero-order valence-corrected chi connectivity index (χ0v) is 11.0. The minimum atomic E-state index is -0.154. The molecule has 1 aliphatic rings. The molecule has 0 aromatic heterocycles. The zero-order valence-electron chi connectivity index (χ0n) is 10.2. The minimum absolute atomic E-state index is 0.0152. The maximum absolute atomic E-state index is 11.9. The van der Waals surface area contributed by atoms with Crippen molar-refractivity contribution < 1.29 is 9.59 Å². The number of carbonyl (C=O) groups excluding carboxylic acids is 2. The van der Waals surface area contributed by atoms with Crippen LogP contribution in [0.4, 0.5) is 4.79 Å². The summed E-state index contributed by atoms with van der Waals surface area (Å²) >= 11 is 1.49. The van der Waals surface area contributed by atoms with Gasteiger partial charge in [-0.25, -0.2) is 4.79 Å². The van der Waals surface area contributed by atoms with E-state index >= 15 is 0 Å². The lowest BCUT2D eigenvalue weighted by Gasteiger charge is -2.28. The predicted molar refractivity (Wildman–Crippen MR) is 72.8 cm³/mol. The predicted octanol–water partition coefficient (Wildman–Crippen LogP) is 2.02. The third-order valence-electron chi connectivity index (χ3n) is 2.75. The van der Waals surface area contributed by atoms with Crippen LogP contribution in [0.1, 0.15) is 23.7 Å². The average Bonchev–Trinajstić information content (AvgIpc) is 2.36. The monoisotopic (exact) mass is 264 g/mol. The molecule has 0 radical (unpaired) electrons. The lowest BCUT2D eigenvalue weighted by molar-refractivity contribution is 0.102. The van der Waals surface area contributed by atoms with Gasteiger partial charge in [-0.2, -0.15) is 0 Å². The van der Waals surface area contributed by atoms with Crippen LogP contribution in [-0.4, -0.2) is 29.0 Å². The number of amides is 2. The maximum atomic E-state index is 11.9. The lowest BCUT2D eigenvalue weighted by Crippen LogP contribution is -2.52. The summed E-state index contributed by atoms with van der Waals surface area (Å²) in [7, 11) is 0. The van der Waals surface area contributed by atoms with Crippen molar-refractivity contribution in [1.29, 1.82) is 0 Å². The fourth-order valence-electron chi connectivity index (χ4n) is 1.84. The number of Topliss-reactive ketones (excluding diaryl/α,β-unsaturated/α-hetero) is 1. The first kappa shape index (κ1) is 13.0. The van der Waals surface area contributed by atoms with E-state index in [1.165, 1.54) is 11.8 Å². The smallest absolute Gasteiger partial charge is 0.315 e. The Kier molecular flexibility index (Phi) is 4.25. The Labute approximate surface area is 111 Å². The van der Waals surface area contributed by atoms with E-state index in [0.717, 1.165) is 12.0 Å². The minimum Gasteiger partial charge on any atom is -0.336 e. The molecule has 0 aliphatic carbocycles. The van der Waals surface area contributed by atoms with Crippen LogP contribution in [0, 0.1) is 0 Å². The Morgan fingerprint density at radius 1 is 1.33 bits per heavy atom. The molecule has 1 aliphatic heterocycles. The first-order valence-corrected chi connectivity index (χ1v) is 6.97. The van der Waals surface area contributed by atoms with Crippen LogP contribution in [0.3, 0.4) is 0 Å². The van der Waals surface area contributed by atoms with Gasteiger partial charge in [-0.3, -0.25) is 4.79 Å². The standard InChI is InChI=1S/C13H16N2O2S/c1-9-7-12(15-13(17)14-9)18-8-11(16)10-5-3-2-4-6-10/h2-6,9,12H,7-8H2,1H3,(H2,14,15,17). The Bertz CT molecular complexity index is 436. The summed E-state index contributed by atoms with van der Waals surface area (Å²) in [5.41, 5.74) is 0.721. The summed E-state index contributed by atoms with van der Waals surface area (Å²) < 4.78 is 0.